The topological polar surface area (TPSA) is 72.7 Å². The maximum atomic E-state index is 12.2. The molecule has 1 fully saturated rings. The Morgan fingerprint density at radius 2 is 1.94 bits per heavy atom. The Morgan fingerprint density at radius 1 is 1.12 bits per heavy atom. The Kier molecular flexibility index (Phi) is 6.69. The van der Waals surface area contributed by atoms with Crippen molar-refractivity contribution in [1.29, 1.82) is 0 Å². The molecule has 1 amide bonds. The summed E-state index contributed by atoms with van der Waals surface area (Å²) in [5.74, 6) is 1.27. The highest BCUT2D eigenvalue weighted by molar-refractivity contribution is 7.98. The fraction of sp³-hybridized carbons (Fsp3) is 0.217. The summed E-state index contributed by atoms with van der Waals surface area (Å²) in [6.45, 7) is 0. The van der Waals surface area contributed by atoms with Crippen LogP contribution in [0.4, 0.5) is 0 Å². The van der Waals surface area contributed by atoms with E-state index in [1.807, 2.05) is 34.9 Å². The number of hydrogen-bond acceptors (Lipinski definition) is 6. The lowest BCUT2D eigenvalue weighted by molar-refractivity contribution is 0.0946. The minimum Gasteiger partial charge on any atom is -0.348 e. The fourth-order valence-electron chi connectivity index (χ4n) is 3.26. The van der Waals surface area contributed by atoms with Crippen molar-refractivity contribution < 1.29 is 4.79 Å². The van der Waals surface area contributed by atoms with E-state index in [1.54, 1.807) is 11.4 Å². The van der Waals surface area contributed by atoms with Crippen LogP contribution >= 0.6 is 46.3 Å². The Balaban J connectivity index is 1.39. The van der Waals surface area contributed by atoms with Crippen LogP contribution in [-0.2, 0) is 12.2 Å². The van der Waals surface area contributed by atoms with Gasteiger partial charge in [-0.1, -0.05) is 65.3 Å². The lowest BCUT2D eigenvalue weighted by Gasteiger charge is -2.11. The van der Waals surface area contributed by atoms with E-state index < -0.39 is 0 Å². The second kappa shape index (κ2) is 9.85. The van der Waals surface area contributed by atoms with Gasteiger partial charge in [-0.15, -0.1) is 21.5 Å². The molecule has 2 aromatic heterocycles. The predicted octanol–water partition coefficient (Wildman–Crippen LogP) is 5.81. The van der Waals surface area contributed by atoms with E-state index >= 15 is 0 Å². The van der Waals surface area contributed by atoms with Crippen molar-refractivity contribution in [2.45, 2.75) is 36.2 Å². The molecular formula is C23H19Cl2N5OS2. The second-order valence-corrected chi connectivity index (χ2v) is 10.4. The van der Waals surface area contributed by atoms with E-state index in [1.165, 1.54) is 23.1 Å². The van der Waals surface area contributed by atoms with E-state index in [0.29, 0.717) is 34.0 Å². The molecule has 1 aliphatic carbocycles. The van der Waals surface area contributed by atoms with Gasteiger partial charge in [0.2, 0.25) is 0 Å². The molecule has 0 atom stereocenters. The maximum Gasteiger partial charge on any atom is 0.270 e. The van der Waals surface area contributed by atoms with Crippen LogP contribution in [0.3, 0.4) is 0 Å². The van der Waals surface area contributed by atoms with Gasteiger partial charge in [0.25, 0.3) is 5.91 Å². The molecule has 0 aliphatic heterocycles. The number of thiazole rings is 1. The summed E-state index contributed by atoms with van der Waals surface area (Å²) >= 11 is 15.4. The first-order valence-electron chi connectivity index (χ1n) is 10.4. The van der Waals surface area contributed by atoms with Crippen molar-refractivity contribution in [2.24, 2.45) is 0 Å². The Labute approximate surface area is 209 Å². The van der Waals surface area contributed by atoms with E-state index in [4.69, 9.17) is 23.2 Å². The number of rotatable bonds is 8. The molecule has 33 heavy (non-hydrogen) atoms. The molecule has 1 saturated carbocycles. The average molecular weight is 516 g/mol. The molecule has 168 valence electrons. The van der Waals surface area contributed by atoms with Gasteiger partial charge in [0.1, 0.15) is 16.5 Å². The summed E-state index contributed by atoms with van der Waals surface area (Å²) in [7, 11) is 0. The van der Waals surface area contributed by atoms with Crippen LogP contribution in [-0.4, -0.2) is 31.7 Å². The second-order valence-electron chi connectivity index (χ2n) is 7.66. The van der Waals surface area contributed by atoms with Crippen LogP contribution in [0.25, 0.3) is 5.69 Å². The number of halogens is 2. The van der Waals surface area contributed by atoms with Gasteiger partial charge in [-0.25, -0.2) is 4.98 Å². The first kappa shape index (κ1) is 22.4. The molecule has 1 N–H and O–H groups in total. The van der Waals surface area contributed by atoms with Crippen LogP contribution in [0.1, 0.15) is 39.7 Å². The Morgan fingerprint density at radius 3 is 2.70 bits per heavy atom. The van der Waals surface area contributed by atoms with Crippen molar-refractivity contribution in [2.75, 3.05) is 0 Å². The standard InChI is InChI=1S/C23H19Cl2N5OS2/c24-17-9-8-16(11-18(17)25)30-20(10-14-4-2-1-3-5-14)28-29-23(30)33-13-21-27-19(12-32-21)22(31)26-15-6-7-15/h1-5,8-9,11-12,15H,6-7,10,13H2,(H,26,31). The summed E-state index contributed by atoms with van der Waals surface area (Å²) < 4.78 is 1.99. The highest BCUT2D eigenvalue weighted by Crippen LogP contribution is 2.30. The molecule has 0 radical (unpaired) electrons. The number of aromatic nitrogens is 4. The third-order valence-corrected chi connectivity index (χ3v) is 7.80. The summed E-state index contributed by atoms with van der Waals surface area (Å²) in [6, 6.07) is 15.9. The molecule has 5 rings (SSSR count). The predicted molar refractivity (Wildman–Crippen MR) is 133 cm³/mol. The SMILES string of the molecule is O=C(NC1CC1)c1csc(CSc2nnc(Cc3ccccc3)n2-c2ccc(Cl)c(Cl)c2)n1. The number of amides is 1. The van der Waals surface area contributed by atoms with Crippen molar-refractivity contribution >= 4 is 52.2 Å². The molecule has 0 spiro atoms. The van der Waals surface area contributed by atoms with Crippen molar-refractivity contribution in [1.82, 2.24) is 25.1 Å². The van der Waals surface area contributed by atoms with E-state index in [2.05, 4.69) is 32.6 Å². The molecule has 0 bridgehead atoms. The third kappa shape index (κ3) is 5.41. The van der Waals surface area contributed by atoms with Gasteiger partial charge in [0.15, 0.2) is 5.16 Å². The van der Waals surface area contributed by atoms with Crippen molar-refractivity contribution in [3.63, 3.8) is 0 Å². The highest BCUT2D eigenvalue weighted by atomic mass is 35.5. The molecule has 0 saturated heterocycles. The number of nitrogens with one attached hydrogen (secondary N) is 1. The van der Waals surface area contributed by atoms with Crippen LogP contribution in [0, 0.1) is 0 Å². The fourth-order valence-corrected chi connectivity index (χ4v) is 5.32. The van der Waals surface area contributed by atoms with Crippen molar-refractivity contribution in [3.8, 4) is 5.69 Å². The van der Waals surface area contributed by atoms with Crippen LogP contribution in [0.5, 0.6) is 0 Å². The average Bonchev–Trinajstić information content (AvgIpc) is 3.35. The first-order chi connectivity index (χ1) is 16.1. The van der Waals surface area contributed by atoms with Crippen LogP contribution in [0.15, 0.2) is 59.1 Å². The summed E-state index contributed by atoms with van der Waals surface area (Å²) in [5.41, 5.74) is 2.44. The monoisotopic (exact) mass is 515 g/mol. The van der Waals surface area contributed by atoms with Crippen LogP contribution in [0.2, 0.25) is 10.0 Å². The summed E-state index contributed by atoms with van der Waals surface area (Å²) in [4.78, 5) is 16.7. The number of nitrogens with zero attached hydrogens (tertiary/aromatic N) is 4. The Bertz CT molecular complexity index is 1290. The first-order valence-corrected chi connectivity index (χ1v) is 13.0. The largest absolute Gasteiger partial charge is 0.348 e. The minimum atomic E-state index is -0.103. The summed E-state index contributed by atoms with van der Waals surface area (Å²) in [5, 5.41) is 16.2. The maximum absolute atomic E-state index is 12.2. The molecule has 0 unspecified atom stereocenters. The zero-order valence-electron chi connectivity index (χ0n) is 17.4. The smallest absolute Gasteiger partial charge is 0.270 e. The van der Waals surface area contributed by atoms with Gasteiger partial charge in [-0.05, 0) is 36.6 Å². The van der Waals surface area contributed by atoms with Crippen LogP contribution < -0.4 is 5.32 Å². The Hall–Kier alpha value is -2.39. The van der Waals surface area contributed by atoms with Gasteiger partial charge in [0, 0.05) is 17.8 Å². The van der Waals surface area contributed by atoms with Gasteiger partial charge < -0.3 is 5.32 Å². The molecule has 1 aliphatic rings. The molecule has 6 nitrogen and oxygen atoms in total. The molecule has 2 heterocycles. The number of carbonyl (C=O) groups is 1. The molecule has 4 aromatic rings. The molecule has 2 aromatic carbocycles. The third-order valence-electron chi connectivity index (χ3n) is 5.09. The lowest BCUT2D eigenvalue weighted by atomic mass is 10.1. The highest BCUT2D eigenvalue weighted by Gasteiger charge is 2.25. The summed E-state index contributed by atoms with van der Waals surface area (Å²) in [6.07, 6.45) is 2.72. The molecule has 10 heteroatoms. The lowest BCUT2D eigenvalue weighted by Crippen LogP contribution is -2.25. The molecular weight excluding hydrogens is 497 g/mol. The number of carbonyl (C=O) groups excluding carboxylic acids is 1. The zero-order chi connectivity index (χ0) is 22.8. The quantitative estimate of drug-likeness (QED) is 0.300. The zero-order valence-corrected chi connectivity index (χ0v) is 20.5. The minimum absolute atomic E-state index is 0.103. The van der Waals surface area contributed by atoms with Crippen molar-refractivity contribution in [3.05, 3.63) is 86.0 Å². The van der Waals surface area contributed by atoms with Gasteiger partial charge in [-0.2, -0.15) is 0 Å². The van der Waals surface area contributed by atoms with E-state index in [0.717, 1.165) is 40.1 Å². The van der Waals surface area contributed by atoms with Gasteiger partial charge >= 0.3 is 0 Å². The van der Waals surface area contributed by atoms with Gasteiger partial charge in [0.05, 0.1) is 21.5 Å². The number of thioether (sulfide) groups is 1. The number of benzene rings is 2. The van der Waals surface area contributed by atoms with Gasteiger partial charge in [-0.3, -0.25) is 9.36 Å². The van der Waals surface area contributed by atoms with E-state index in [9.17, 15) is 4.79 Å². The number of hydrogen-bond donors (Lipinski definition) is 1. The normalized spacial score (nSPS) is 13.3. The van der Waals surface area contributed by atoms with E-state index in [-0.39, 0.29) is 5.91 Å².